The number of aromatic nitrogens is 2. The summed E-state index contributed by atoms with van der Waals surface area (Å²) in [7, 11) is -16.7. The lowest BCUT2D eigenvalue weighted by molar-refractivity contribution is -0.0542. The number of rotatable bonds is 8. The molecule has 1 saturated heterocycles. The Balaban J connectivity index is 2.09. The van der Waals surface area contributed by atoms with E-state index in [9.17, 15) is 33.6 Å². The number of anilines is 1. The molecule has 0 saturated carbocycles. The lowest BCUT2D eigenvalue weighted by Gasteiger charge is -2.19. The topological polar surface area (TPSA) is 270 Å². The van der Waals surface area contributed by atoms with Gasteiger partial charge >= 0.3 is 29.2 Å². The summed E-state index contributed by atoms with van der Waals surface area (Å²) in [5.74, 6) is -0.0755. The van der Waals surface area contributed by atoms with E-state index in [1.807, 2.05) is 0 Å². The van der Waals surface area contributed by atoms with Crippen LogP contribution in [0.5, 0.6) is 0 Å². The van der Waals surface area contributed by atoms with Gasteiger partial charge in [-0.25, -0.2) is 18.5 Å². The molecule has 2 heterocycles. The number of aliphatic hydroxyl groups is 2. The highest BCUT2D eigenvalue weighted by molar-refractivity contribution is 7.66. The van der Waals surface area contributed by atoms with E-state index in [2.05, 4.69) is 18.1 Å². The second-order valence-corrected chi connectivity index (χ2v) is 10.4. The predicted octanol–water partition coefficient (Wildman–Crippen LogP) is -1.90. The summed E-state index contributed by atoms with van der Waals surface area (Å²) in [4.78, 5) is 50.9. The van der Waals surface area contributed by atoms with Crippen molar-refractivity contribution in [2.24, 2.45) is 0 Å². The first-order valence-electron chi connectivity index (χ1n) is 7.66. The van der Waals surface area contributed by atoms with Crippen LogP contribution in [0.3, 0.4) is 0 Å². The Bertz CT molecular complexity index is 992. The minimum Gasteiger partial charge on any atom is -0.387 e. The molecule has 6 atom stereocenters. The van der Waals surface area contributed by atoms with Gasteiger partial charge in [0.2, 0.25) is 0 Å². The number of ether oxygens (including phenoxy) is 1. The monoisotopic (exact) mass is 497 g/mol. The van der Waals surface area contributed by atoms with Crippen LogP contribution in [0.25, 0.3) is 0 Å². The number of aliphatic hydroxyl groups excluding tert-OH is 2. The Kier molecular flexibility index (Phi) is 7.44. The molecule has 2 rings (SSSR count). The van der Waals surface area contributed by atoms with Gasteiger partial charge in [-0.2, -0.15) is 13.6 Å². The molecule has 172 valence electrons. The molecule has 1 aromatic heterocycles. The third kappa shape index (κ3) is 6.48. The van der Waals surface area contributed by atoms with Gasteiger partial charge in [-0.05, 0) is 6.92 Å². The fourth-order valence-electron chi connectivity index (χ4n) is 2.33. The molecule has 1 aromatic rings. The summed E-state index contributed by atoms with van der Waals surface area (Å²) in [5.41, 5.74) is 4.91. The Labute approximate surface area is 167 Å². The van der Waals surface area contributed by atoms with E-state index in [1.54, 1.807) is 0 Å². The first-order chi connectivity index (χ1) is 13.5. The zero-order valence-corrected chi connectivity index (χ0v) is 17.5. The van der Waals surface area contributed by atoms with Gasteiger partial charge in [0, 0.05) is 11.8 Å². The van der Waals surface area contributed by atoms with E-state index in [4.69, 9.17) is 25.2 Å². The van der Waals surface area contributed by atoms with E-state index in [1.165, 1.54) is 13.1 Å². The summed E-state index contributed by atoms with van der Waals surface area (Å²) in [6, 6.07) is 0. The Morgan fingerprint density at radius 1 is 1.13 bits per heavy atom. The van der Waals surface area contributed by atoms with Crippen molar-refractivity contribution in [3.05, 3.63) is 22.2 Å². The number of phosphoric acid groups is 3. The summed E-state index contributed by atoms with van der Waals surface area (Å²) in [6.07, 6.45) is -5.32. The van der Waals surface area contributed by atoms with Crippen molar-refractivity contribution >= 4 is 29.3 Å². The Morgan fingerprint density at radius 2 is 1.73 bits per heavy atom. The molecule has 20 heteroatoms. The highest BCUT2D eigenvalue weighted by atomic mass is 31.3. The quantitative estimate of drug-likeness (QED) is 0.193. The van der Waals surface area contributed by atoms with E-state index < -0.39 is 60.3 Å². The SMILES string of the molecule is Cc1cn([C@@H]2O[C@H](COP(=O)(O)OP(=O)(O)OP(=O)(O)O)C(O)C2O)c(=O)nc1N. The molecule has 0 amide bonds. The molecule has 17 nitrogen and oxygen atoms in total. The van der Waals surface area contributed by atoms with Gasteiger partial charge in [0.05, 0.1) is 6.61 Å². The van der Waals surface area contributed by atoms with Crippen LogP contribution in [0.2, 0.25) is 0 Å². The fourth-order valence-corrected chi connectivity index (χ4v) is 5.36. The highest BCUT2D eigenvalue weighted by Gasteiger charge is 2.46. The molecule has 0 bridgehead atoms. The molecular formula is C10H18N3O14P3. The van der Waals surface area contributed by atoms with Gasteiger partial charge in [-0.3, -0.25) is 9.09 Å². The van der Waals surface area contributed by atoms with Crippen LogP contribution in [0.15, 0.2) is 11.0 Å². The third-order valence-corrected chi connectivity index (χ3v) is 7.41. The third-order valence-electron chi connectivity index (χ3n) is 3.60. The molecule has 0 radical (unpaired) electrons. The highest BCUT2D eigenvalue weighted by Crippen LogP contribution is 2.66. The van der Waals surface area contributed by atoms with E-state index >= 15 is 0 Å². The zero-order chi connectivity index (χ0) is 23.1. The molecule has 0 aliphatic carbocycles. The molecule has 1 aliphatic heterocycles. The maximum Gasteiger partial charge on any atom is 0.490 e. The number of phosphoric ester groups is 1. The zero-order valence-electron chi connectivity index (χ0n) is 14.9. The molecule has 4 unspecified atom stereocenters. The minimum absolute atomic E-state index is 0.0755. The number of hydrogen-bond donors (Lipinski definition) is 7. The van der Waals surface area contributed by atoms with Crippen molar-refractivity contribution in [3.8, 4) is 0 Å². The van der Waals surface area contributed by atoms with E-state index in [-0.39, 0.29) is 5.82 Å². The largest absolute Gasteiger partial charge is 0.490 e. The van der Waals surface area contributed by atoms with Crippen molar-refractivity contribution in [1.29, 1.82) is 0 Å². The second-order valence-electron chi connectivity index (χ2n) is 5.93. The minimum atomic E-state index is -5.72. The Hall–Kier alpha value is -1.03. The number of nitrogens with zero attached hydrogens (tertiary/aromatic N) is 2. The van der Waals surface area contributed by atoms with Crippen LogP contribution in [0, 0.1) is 6.92 Å². The normalized spacial score (nSPS) is 28.8. The van der Waals surface area contributed by atoms with Crippen molar-refractivity contribution in [2.45, 2.75) is 31.5 Å². The molecule has 1 fully saturated rings. The van der Waals surface area contributed by atoms with Crippen LogP contribution in [-0.4, -0.2) is 64.3 Å². The predicted molar refractivity (Wildman–Crippen MR) is 93.4 cm³/mol. The van der Waals surface area contributed by atoms with Gasteiger partial charge in [0.1, 0.15) is 24.1 Å². The van der Waals surface area contributed by atoms with Crippen molar-refractivity contribution < 1.29 is 61.4 Å². The maximum atomic E-state index is 12.0. The maximum absolute atomic E-state index is 12.0. The summed E-state index contributed by atoms with van der Waals surface area (Å²) < 4.78 is 51.0. The van der Waals surface area contributed by atoms with Crippen molar-refractivity contribution in [3.63, 3.8) is 0 Å². The molecule has 1 aliphatic rings. The summed E-state index contributed by atoms with van der Waals surface area (Å²) >= 11 is 0. The molecule has 30 heavy (non-hydrogen) atoms. The van der Waals surface area contributed by atoms with Gasteiger partial charge in [-0.1, -0.05) is 0 Å². The first-order valence-corrected chi connectivity index (χ1v) is 12.2. The number of nitrogen functional groups attached to an aromatic ring is 1. The van der Waals surface area contributed by atoms with E-state index in [0.29, 0.717) is 5.56 Å². The number of hydrogen-bond acceptors (Lipinski definition) is 12. The van der Waals surface area contributed by atoms with E-state index in [0.717, 1.165) is 4.57 Å². The number of aryl methyl sites for hydroxylation is 1. The molecule has 0 aromatic carbocycles. The Morgan fingerprint density at radius 3 is 2.30 bits per heavy atom. The lowest BCUT2D eigenvalue weighted by Crippen LogP contribution is -2.36. The van der Waals surface area contributed by atoms with Crippen molar-refractivity contribution in [1.82, 2.24) is 9.55 Å². The van der Waals surface area contributed by atoms with Crippen LogP contribution in [0.4, 0.5) is 5.82 Å². The van der Waals surface area contributed by atoms with Gasteiger partial charge in [0.15, 0.2) is 6.23 Å². The first kappa shape index (κ1) is 25.2. The van der Waals surface area contributed by atoms with Gasteiger partial charge < -0.3 is 40.3 Å². The molecule has 8 N–H and O–H groups in total. The average molecular weight is 497 g/mol. The second kappa shape index (κ2) is 8.84. The lowest BCUT2D eigenvalue weighted by atomic mass is 10.1. The van der Waals surface area contributed by atoms with Crippen LogP contribution in [-0.2, 0) is 31.6 Å². The standard InChI is InChI=1S/C10H18N3O14P3/c1-4-2-13(10(16)12-8(4)11)9-7(15)6(14)5(25-9)3-24-29(20,21)27-30(22,23)26-28(17,18)19/h2,5-7,9,14-15H,3H2,1H3,(H,20,21)(H,22,23)(H2,11,12,16)(H2,17,18,19)/t5-,6?,7?,9-/m1/s1. The van der Waals surface area contributed by atoms with Crippen LogP contribution in [0.1, 0.15) is 11.8 Å². The average Bonchev–Trinajstić information content (AvgIpc) is 2.81. The van der Waals surface area contributed by atoms with Crippen molar-refractivity contribution in [2.75, 3.05) is 12.3 Å². The summed E-state index contributed by atoms with van der Waals surface area (Å²) in [5, 5.41) is 20.1. The summed E-state index contributed by atoms with van der Waals surface area (Å²) in [6.45, 7) is 0.484. The van der Waals surface area contributed by atoms with Gasteiger partial charge in [-0.15, -0.1) is 0 Å². The smallest absolute Gasteiger partial charge is 0.387 e. The molecule has 0 spiro atoms. The van der Waals surface area contributed by atoms with Gasteiger partial charge in [0.25, 0.3) is 0 Å². The fraction of sp³-hybridized carbons (Fsp3) is 0.600. The van der Waals surface area contributed by atoms with Crippen LogP contribution >= 0.6 is 23.5 Å². The number of nitrogens with two attached hydrogens (primary N) is 1. The molecular weight excluding hydrogens is 479 g/mol. The van der Waals surface area contributed by atoms with Crippen LogP contribution < -0.4 is 11.4 Å².